The standard InChI is InChI=1S/C11H13N5O/c1-6-3-8(7(12)4-10(6)17)15-9-5-14-16(2)11(9)13/h3-5H,12-13H2,1-2H3. The Balaban J connectivity index is 2.44. The second-order valence-electron chi connectivity index (χ2n) is 3.83. The minimum Gasteiger partial charge on any atom is -0.397 e. The highest BCUT2D eigenvalue weighted by Crippen LogP contribution is 2.22. The molecule has 0 fully saturated rings. The molecule has 88 valence electrons. The van der Waals surface area contributed by atoms with Gasteiger partial charge in [0.05, 0.1) is 17.6 Å². The molecular formula is C11H13N5O. The molecular weight excluding hydrogens is 218 g/mol. The van der Waals surface area contributed by atoms with E-state index in [9.17, 15) is 4.79 Å². The molecule has 0 saturated carbocycles. The van der Waals surface area contributed by atoms with Crippen molar-refractivity contribution in [3.63, 3.8) is 0 Å². The molecule has 1 aliphatic rings. The minimum absolute atomic E-state index is 0.0967. The third-order valence-corrected chi connectivity index (χ3v) is 2.53. The maximum Gasteiger partial charge on any atom is 0.183 e. The number of nitrogens with zero attached hydrogens (tertiary/aromatic N) is 3. The lowest BCUT2D eigenvalue weighted by molar-refractivity contribution is -0.111. The fourth-order valence-corrected chi connectivity index (χ4v) is 1.44. The molecule has 0 aromatic carbocycles. The van der Waals surface area contributed by atoms with Gasteiger partial charge in [-0.2, -0.15) is 5.10 Å². The number of carbonyl (C=O) groups is 1. The lowest BCUT2D eigenvalue weighted by atomic mass is 10.0. The lowest BCUT2D eigenvalue weighted by Crippen LogP contribution is -2.17. The van der Waals surface area contributed by atoms with Gasteiger partial charge >= 0.3 is 0 Å². The number of allylic oxidation sites excluding steroid dienone is 3. The zero-order valence-electron chi connectivity index (χ0n) is 9.64. The molecule has 0 amide bonds. The molecule has 17 heavy (non-hydrogen) atoms. The fraction of sp³-hybridized carbons (Fsp3) is 0.182. The smallest absolute Gasteiger partial charge is 0.183 e. The van der Waals surface area contributed by atoms with E-state index in [1.54, 1.807) is 26.2 Å². The number of anilines is 1. The number of hydrogen-bond acceptors (Lipinski definition) is 5. The van der Waals surface area contributed by atoms with Crippen molar-refractivity contribution in [1.82, 2.24) is 9.78 Å². The van der Waals surface area contributed by atoms with Crippen LogP contribution in [0.5, 0.6) is 0 Å². The predicted octanol–water partition coefficient (Wildman–Crippen LogP) is 0.446. The van der Waals surface area contributed by atoms with Crippen LogP contribution < -0.4 is 11.5 Å². The number of nitrogens with two attached hydrogens (primary N) is 2. The summed E-state index contributed by atoms with van der Waals surface area (Å²) in [6.45, 7) is 1.72. The van der Waals surface area contributed by atoms with Crippen LogP contribution in [-0.2, 0) is 11.8 Å². The summed E-state index contributed by atoms with van der Waals surface area (Å²) in [6, 6.07) is 0. The molecule has 0 bridgehead atoms. The van der Waals surface area contributed by atoms with Crippen LogP contribution in [0.4, 0.5) is 11.5 Å². The molecule has 0 atom stereocenters. The van der Waals surface area contributed by atoms with Gasteiger partial charge in [0.25, 0.3) is 0 Å². The van der Waals surface area contributed by atoms with Gasteiger partial charge in [0.15, 0.2) is 5.78 Å². The number of hydrogen-bond donors (Lipinski definition) is 2. The molecule has 1 aliphatic carbocycles. The van der Waals surface area contributed by atoms with E-state index >= 15 is 0 Å². The Morgan fingerprint density at radius 1 is 1.35 bits per heavy atom. The molecule has 0 unspecified atom stereocenters. The highest BCUT2D eigenvalue weighted by atomic mass is 16.1. The predicted molar refractivity (Wildman–Crippen MR) is 65.7 cm³/mol. The highest BCUT2D eigenvalue weighted by Gasteiger charge is 2.14. The summed E-state index contributed by atoms with van der Waals surface area (Å²) in [4.78, 5) is 15.6. The van der Waals surface area contributed by atoms with Crippen molar-refractivity contribution in [1.29, 1.82) is 0 Å². The largest absolute Gasteiger partial charge is 0.397 e. The fourth-order valence-electron chi connectivity index (χ4n) is 1.44. The molecule has 0 aliphatic heterocycles. The normalized spacial score (nSPS) is 18.2. The second kappa shape index (κ2) is 3.89. The van der Waals surface area contributed by atoms with Crippen molar-refractivity contribution < 1.29 is 4.79 Å². The van der Waals surface area contributed by atoms with Crippen molar-refractivity contribution in [2.45, 2.75) is 6.92 Å². The van der Waals surface area contributed by atoms with E-state index in [1.165, 1.54) is 10.8 Å². The number of carbonyl (C=O) groups excluding carboxylic acids is 1. The van der Waals surface area contributed by atoms with E-state index in [0.717, 1.165) is 0 Å². The average molecular weight is 231 g/mol. The summed E-state index contributed by atoms with van der Waals surface area (Å²) in [5.74, 6) is 0.355. The van der Waals surface area contributed by atoms with Crippen LogP contribution in [0.25, 0.3) is 0 Å². The molecule has 0 radical (unpaired) electrons. The molecule has 4 N–H and O–H groups in total. The summed E-state index contributed by atoms with van der Waals surface area (Å²) in [6.07, 6.45) is 4.56. The van der Waals surface area contributed by atoms with Gasteiger partial charge in [-0.05, 0) is 18.6 Å². The Morgan fingerprint density at radius 2 is 2.06 bits per heavy atom. The van der Waals surface area contributed by atoms with Crippen LogP contribution in [0.1, 0.15) is 6.92 Å². The molecule has 0 spiro atoms. The van der Waals surface area contributed by atoms with Crippen molar-refractivity contribution >= 4 is 23.0 Å². The van der Waals surface area contributed by atoms with Gasteiger partial charge in [-0.1, -0.05) is 0 Å². The van der Waals surface area contributed by atoms with Crippen LogP contribution in [0.2, 0.25) is 0 Å². The quantitative estimate of drug-likeness (QED) is 0.685. The van der Waals surface area contributed by atoms with E-state index in [1.807, 2.05) is 0 Å². The van der Waals surface area contributed by atoms with Crippen LogP contribution in [0.15, 0.2) is 34.6 Å². The number of aliphatic imine (C=N–C) groups is 1. The first-order chi connectivity index (χ1) is 7.99. The van der Waals surface area contributed by atoms with E-state index in [2.05, 4.69) is 10.1 Å². The van der Waals surface area contributed by atoms with Gasteiger partial charge in [-0.15, -0.1) is 0 Å². The maximum atomic E-state index is 11.4. The molecule has 6 nitrogen and oxygen atoms in total. The van der Waals surface area contributed by atoms with Gasteiger partial charge in [-0.3, -0.25) is 9.48 Å². The first-order valence-electron chi connectivity index (χ1n) is 5.05. The summed E-state index contributed by atoms with van der Waals surface area (Å²) in [5, 5.41) is 3.98. The van der Waals surface area contributed by atoms with Gasteiger partial charge < -0.3 is 11.5 Å². The zero-order valence-corrected chi connectivity index (χ0v) is 9.64. The second-order valence-corrected chi connectivity index (χ2v) is 3.83. The Kier molecular flexibility index (Phi) is 2.55. The van der Waals surface area contributed by atoms with Gasteiger partial charge in [0, 0.05) is 13.1 Å². The van der Waals surface area contributed by atoms with Crippen molar-refractivity contribution in [2.24, 2.45) is 17.8 Å². The molecule has 6 heteroatoms. The monoisotopic (exact) mass is 231 g/mol. The van der Waals surface area contributed by atoms with Gasteiger partial charge in [0.2, 0.25) is 0 Å². The van der Waals surface area contributed by atoms with E-state index in [4.69, 9.17) is 11.5 Å². The SMILES string of the molecule is CC1=CC(=Nc2cnn(C)c2N)C(N)=CC1=O. The summed E-state index contributed by atoms with van der Waals surface area (Å²) in [7, 11) is 1.73. The number of nitrogen functional groups attached to an aromatic ring is 1. The van der Waals surface area contributed by atoms with Crippen molar-refractivity contribution in [2.75, 3.05) is 5.73 Å². The van der Waals surface area contributed by atoms with Crippen LogP contribution in [-0.4, -0.2) is 21.3 Å². The third kappa shape index (κ3) is 1.96. The lowest BCUT2D eigenvalue weighted by Gasteiger charge is -2.08. The molecule has 1 heterocycles. The van der Waals surface area contributed by atoms with Gasteiger partial charge in [-0.25, -0.2) is 4.99 Å². The Labute approximate surface area is 98.3 Å². The first kappa shape index (κ1) is 11.1. The average Bonchev–Trinajstić information content (AvgIpc) is 2.58. The highest BCUT2D eigenvalue weighted by molar-refractivity contribution is 6.21. The topological polar surface area (TPSA) is 99.3 Å². The Hall–Kier alpha value is -2.37. The summed E-state index contributed by atoms with van der Waals surface area (Å²) < 4.78 is 1.52. The van der Waals surface area contributed by atoms with Crippen LogP contribution >= 0.6 is 0 Å². The zero-order chi connectivity index (χ0) is 12.6. The minimum atomic E-state index is -0.0967. The maximum absolute atomic E-state index is 11.4. The van der Waals surface area contributed by atoms with Crippen LogP contribution in [0, 0.1) is 0 Å². The van der Waals surface area contributed by atoms with Crippen LogP contribution in [0.3, 0.4) is 0 Å². The first-order valence-corrected chi connectivity index (χ1v) is 5.05. The number of aryl methyl sites for hydroxylation is 1. The van der Waals surface area contributed by atoms with Crippen molar-refractivity contribution in [3.05, 3.63) is 29.6 Å². The third-order valence-electron chi connectivity index (χ3n) is 2.53. The number of rotatable bonds is 1. The summed E-state index contributed by atoms with van der Waals surface area (Å²) >= 11 is 0. The van der Waals surface area contributed by atoms with E-state index < -0.39 is 0 Å². The molecule has 1 aromatic rings. The molecule has 0 saturated heterocycles. The Morgan fingerprint density at radius 3 is 2.65 bits per heavy atom. The number of aromatic nitrogens is 2. The van der Waals surface area contributed by atoms with Gasteiger partial charge in [0.1, 0.15) is 11.5 Å². The summed E-state index contributed by atoms with van der Waals surface area (Å²) in [5.41, 5.74) is 13.5. The Bertz CT molecular complexity index is 577. The molecule has 1 aromatic heterocycles. The molecule has 2 rings (SSSR count). The van der Waals surface area contributed by atoms with E-state index in [-0.39, 0.29) is 5.78 Å². The van der Waals surface area contributed by atoms with E-state index in [0.29, 0.717) is 28.5 Å². The number of ketones is 1. The van der Waals surface area contributed by atoms with Crippen molar-refractivity contribution in [3.8, 4) is 0 Å².